The van der Waals surface area contributed by atoms with Gasteiger partial charge in [0.15, 0.2) is 0 Å². The maximum atomic E-state index is 11.7. The average Bonchev–Trinajstić information content (AvgIpc) is 2.77. The first kappa shape index (κ1) is 15.8. The van der Waals surface area contributed by atoms with Crippen LogP contribution in [0, 0.1) is 0 Å². The van der Waals surface area contributed by atoms with Crippen molar-refractivity contribution in [3.05, 3.63) is 29.8 Å². The van der Waals surface area contributed by atoms with Crippen LogP contribution >= 0.6 is 0 Å². The predicted molar refractivity (Wildman–Crippen MR) is 82.2 cm³/mol. The summed E-state index contributed by atoms with van der Waals surface area (Å²) in [6, 6.07) is 7.46. The normalized spacial score (nSPS) is 17.7. The number of hydrogen-bond acceptors (Lipinski definition) is 4. The van der Waals surface area contributed by atoms with Crippen molar-refractivity contribution in [3.8, 4) is 0 Å². The Hall–Kier alpha value is -1.60. The molecule has 1 amide bonds. The van der Waals surface area contributed by atoms with Gasteiger partial charge < -0.3 is 11.1 Å². The lowest BCUT2D eigenvalue weighted by Crippen LogP contribution is -2.35. The highest BCUT2D eigenvalue weighted by molar-refractivity contribution is 7.89. The van der Waals surface area contributed by atoms with E-state index in [0.717, 1.165) is 5.56 Å². The van der Waals surface area contributed by atoms with Crippen molar-refractivity contribution in [3.63, 3.8) is 0 Å². The molecule has 1 saturated heterocycles. The molecule has 3 N–H and O–H groups in total. The van der Waals surface area contributed by atoms with E-state index in [1.807, 2.05) is 24.3 Å². The standard InChI is InChI=1S/C14H21N3O3S/c15-13-5-2-1-4-12(13)6-7-14(18)16-8-10-17-9-3-11-21(17,19)20/h1-2,4-5H,3,6-11,15H2,(H,16,18). The van der Waals surface area contributed by atoms with Gasteiger partial charge in [-0.25, -0.2) is 12.7 Å². The molecule has 0 aromatic heterocycles. The minimum absolute atomic E-state index is 0.0881. The van der Waals surface area contributed by atoms with E-state index in [1.54, 1.807) is 0 Å². The van der Waals surface area contributed by atoms with Crippen molar-refractivity contribution >= 4 is 21.6 Å². The molecular weight excluding hydrogens is 290 g/mol. The van der Waals surface area contributed by atoms with E-state index in [-0.39, 0.29) is 11.7 Å². The highest BCUT2D eigenvalue weighted by Gasteiger charge is 2.27. The first-order chi connectivity index (χ1) is 9.99. The highest BCUT2D eigenvalue weighted by atomic mass is 32.2. The molecular formula is C14H21N3O3S. The number of nitrogens with zero attached hydrogens (tertiary/aromatic N) is 1. The van der Waals surface area contributed by atoms with Gasteiger partial charge in [-0.1, -0.05) is 18.2 Å². The van der Waals surface area contributed by atoms with Gasteiger partial charge in [-0.05, 0) is 24.5 Å². The van der Waals surface area contributed by atoms with E-state index in [2.05, 4.69) is 5.32 Å². The number of aryl methyl sites for hydroxylation is 1. The van der Waals surface area contributed by atoms with E-state index < -0.39 is 10.0 Å². The third-order valence-electron chi connectivity index (χ3n) is 3.56. The van der Waals surface area contributed by atoms with Crippen LogP contribution in [-0.2, 0) is 21.2 Å². The van der Waals surface area contributed by atoms with E-state index in [9.17, 15) is 13.2 Å². The average molecular weight is 311 g/mol. The monoisotopic (exact) mass is 311 g/mol. The Morgan fingerprint density at radius 3 is 2.76 bits per heavy atom. The molecule has 21 heavy (non-hydrogen) atoms. The van der Waals surface area contributed by atoms with Crippen LogP contribution in [0.2, 0.25) is 0 Å². The van der Waals surface area contributed by atoms with Gasteiger partial charge in [0.25, 0.3) is 0 Å². The number of sulfonamides is 1. The van der Waals surface area contributed by atoms with Crippen molar-refractivity contribution in [2.45, 2.75) is 19.3 Å². The SMILES string of the molecule is Nc1ccccc1CCC(=O)NCCN1CCCS1(=O)=O. The Bertz CT molecular complexity index is 601. The first-order valence-electron chi connectivity index (χ1n) is 7.07. The molecule has 1 aliphatic rings. The summed E-state index contributed by atoms with van der Waals surface area (Å²) >= 11 is 0. The highest BCUT2D eigenvalue weighted by Crippen LogP contribution is 2.13. The zero-order chi connectivity index (χ0) is 15.3. The lowest BCUT2D eigenvalue weighted by molar-refractivity contribution is -0.121. The van der Waals surface area contributed by atoms with Gasteiger partial charge in [-0.15, -0.1) is 0 Å². The van der Waals surface area contributed by atoms with Crippen LogP contribution in [-0.4, -0.2) is 44.0 Å². The summed E-state index contributed by atoms with van der Waals surface area (Å²) in [7, 11) is -3.08. The molecule has 1 fully saturated rings. The molecule has 116 valence electrons. The molecule has 0 saturated carbocycles. The van der Waals surface area contributed by atoms with Crippen molar-refractivity contribution in [1.82, 2.24) is 9.62 Å². The molecule has 7 heteroatoms. The van der Waals surface area contributed by atoms with Gasteiger partial charge in [-0.3, -0.25) is 4.79 Å². The maximum absolute atomic E-state index is 11.7. The minimum atomic E-state index is -3.08. The molecule has 0 radical (unpaired) electrons. The number of carbonyl (C=O) groups is 1. The molecule has 0 unspecified atom stereocenters. The van der Waals surface area contributed by atoms with E-state index in [0.29, 0.717) is 44.6 Å². The van der Waals surface area contributed by atoms with Gasteiger partial charge in [0.2, 0.25) is 15.9 Å². The number of amides is 1. The molecule has 2 rings (SSSR count). The van der Waals surface area contributed by atoms with E-state index in [4.69, 9.17) is 5.73 Å². The summed E-state index contributed by atoms with van der Waals surface area (Å²) in [5.74, 6) is 0.128. The quantitative estimate of drug-likeness (QED) is 0.742. The lowest BCUT2D eigenvalue weighted by Gasteiger charge is -2.14. The summed E-state index contributed by atoms with van der Waals surface area (Å²) in [6.07, 6.45) is 1.60. The molecule has 0 spiro atoms. The topological polar surface area (TPSA) is 92.5 Å². The van der Waals surface area contributed by atoms with Crippen LogP contribution in [0.5, 0.6) is 0 Å². The molecule has 0 bridgehead atoms. The Morgan fingerprint density at radius 1 is 1.33 bits per heavy atom. The van der Waals surface area contributed by atoms with Gasteiger partial charge >= 0.3 is 0 Å². The van der Waals surface area contributed by atoms with Crippen LogP contribution < -0.4 is 11.1 Å². The van der Waals surface area contributed by atoms with Crippen LogP contribution in [0.4, 0.5) is 5.69 Å². The third kappa shape index (κ3) is 4.44. The maximum Gasteiger partial charge on any atom is 0.220 e. The zero-order valence-corrected chi connectivity index (χ0v) is 12.7. The summed E-state index contributed by atoms with van der Waals surface area (Å²) in [5, 5.41) is 2.75. The molecule has 1 aliphatic heterocycles. The molecule has 1 aromatic rings. The van der Waals surface area contributed by atoms with Crippen LogP contribution in [0.1, 0.15) is 18.4 Å². The Morgan fingerprint density at radius 2 is 2.10 bits per heavy atom. The Balaban J connectivity index is 1.70. The number of hydrogen-bond donors (Lipinski definition) is 2. The number of nitrogens with one attached hydrogen (secondary N) is 1. The van der Waals surface area contributed by atoms with Crippen molar-refractivity contribution < 1.29 is 13.2 Å². The van der Waals surface area contributed by atoms with Crippen LogP contribution in [0.15, 0.2) is 24.3 Å². The van der Waals surface area contributed by atoms with E-state index >= 15 is 0 Å². The number of rotatable bonds is 6. The summed E-state index contributed by atoms with van der Waals surface area (Å²) < 4.78 is 24.6. The largest absolute Gasteiger partial charge is 0.399 e. The second-order valence-electron chi connectivity index (χ2n) is 5.12. The van der Waals surface area contributed by atoms with Crippen LogP contribution in [0.25, 0.3) is 0 Å². The molecule has 1 aromatic carbocycles. The van der Waals surface area contributed by atoms with Gasteiger partial charge in [-0.2, -0.15) is 0 Å². The zero-order valence-electron chi connectivity index (χ0n) is 11.9. The van der Waals surface area contributed by atoms with Crippen molar-refractivity contribution in [2.75, 3.05) is 31.1 Å². The van der Waals surface area contributed by atoms with Gasteiger partial charge in [0.05, 0.1) is 5.75 Å². The smallest absolute Gasteiger partial charge is 0.220 e. The fourth-order valence-corrected chi connectivity index (χ4v) is 3.89. The number of nitrogen functional groups attached to an aromatic ring is 1. The van der Waals surface area contributed by atoms with E-state index in [1.165, 1.54) is 4.31 Å². The fourth-order valence-electron chi connectivity index (χ4n) is 2.36. The van der Waals surface area contributed by atoms with Crippen molar-refractivity contribution in [1.29, 1.82) is 0 Å². The number of benzene rings is 1. The van der Waals surface area contributed by atoms with Crippen molar-refractivity contribution in [2.24, 2.45) is 0 Å². The number of para-hydroxylation sites is 1. The molecule has 0 aliphatic carbocycles. The summed E-state index contributed by atoms with van der Waals surface area (Å²) in [5.41, 5.74) is 7.46. The fraction of sp³-hybridized carbons (Fsp3) is 0.500. The number of carbonyl (C=O) groups excluding carboxylic acids is 1. The molecule has 0 atom stereocenters. The Kier molecular flexibility index (Phi) is 5.19. The molecule has 6 nitrogen and oxygen atoms in total. The van der Waals surface area contributed by atoms with Crippen LogP contribution in [0.3, 0.4) is 0 Å². The Labute approximate surface area is 125 Å². The number of nitrogens with two attached hydrogens (primary N) is 1. The second-order valence-corrected chi connectivity index (χ2v) is 7.21. The first-order valence-corrected chi connectivity index (χ1v) is 8.68. The number of anilines is 1. The summed E-state index contributed by atoms with van der Waals surface area (Å²) in [6.45, 7) is 1.25. The minimum Gasteiger partial charge on any atom is -0.399 e. The lowest BCUT2D eigenvalue weighted by atomic mass is 10.1. The predicted octanol–water partition coefficient (Wildman–Crippen LogP) is 0.353. The summed E-state index contributed by atoms with van der Waals surface area (Å²) in [4.78, 5) is 11.7. The van der Waals surface area contributed by atoms with Gasteiger partial charge in [0, 0.05) is 31.7 Å². The molecule has 1 heterocycles. The second kappa shape index (κ2) is 6.91. The van der Waals surface area contributed by atoms with Gasteiger partial charge in [0.1, 0.15) is 0 Å². The third-order valence-corrected chi connectivity index (χ3v) is 5.52.